The Balaban J connectivity index is 1.51. The van der Waals surface area contributed by atoms with Crippen molar-refractivity contribution >= 4 is 49.6 Å². The van der Waals surface area contributed by atoms with Crippen LogP contribution < -0.4 is 15.1 Å². The molecule has 8 heteroatoms. The van der Waals surface area contributed by atoms with Crippen LogP contribution in [-0.2, 0) is 11.3 Å². The van der Waals surface area contributed by atoms with Crippen molar-refractivity contribution in [2.45, 2.75) is 26.3 Å². The molecule has 3 aromatic rings. The number of fused-ring (bicyclic) bond motifs is 1. The van der Waals surface area contributed by atoms with Crippen molar-refractivity contribution in [3.63, 3.8) is 0 Å². The second-order valence-corrected chi connectivity index (χ2v) is 7.98. The molecular formula is C17H18N4O2S2. The summed E-state index contributed by atoms with van der Waals surface area (Å²) < 4.78 is 2.54. The average Bonchev–Trinajstić information content (AvgIpc) is 3.30. The van der Waals surface area contributed by atoms with Gasteiger partial charge in [0.15, 0.2) is 5.13 Å². The number of nitrogens with one attached hydrogen (secondary N) is 1. The third-order valence-electron chi connectivity index (χ3n) is 4.32. The molecule has 0 bridgehead atoms. The summed E-state index contributed by atoms with van der Waals surface area (Å²) in [6.07, 6.45) is 2.44. The molecule has 1 aliphatic rings. The first-order valence-corrected chi connectivity index (χ1v) is 9.90. The van der Waals surface area contributed by atoms with E-state index in [1.165, 1.54) is 17.4 Å². The van der Waals surface area contributed by atoms with Crippen molar-refractivity contribution in [2.24, 2.45) is 0 Å². The van der Waals surface area contributed by atoms with Gasteiger partial charge in [-0.1, -0.05) is 22.7 Å². The van der Waals surface area contributed by atoms with Gasteiger partial charge in [0.25, 0.3) is 0 Å². The SMILES string of the molecule is Cc1csc(=O)n1CC(=O)Nc1ccc2nc(N3CCCC3)sc2c1. The molecule has 1 aliphatic heterocycles. The Bertz CT molecular complexity index is 982. The van der Waals surface area contributed by atoms with Gasteiger partial charge in [0.2, 0.25) is 5.91 Å². The first kappa shape index (κ1) is 16.3. The summed E-state index contributed by atoms with van der Waals surface area (Å²) in [5.74, 6) is -0.202. The fourth-order valence-corrected chi connectivity index (χ4v) is 4.77. The van der Waals surface area contributed by atoms with Crippen molar-refractivity contribution in [3.05, 3.63) is 38.9 Å². The Hall–Kier alpha value is -2.19. The molecule has 1 N–H and O–H groups in total. The first-order chi connectivity index (χ1) is 12.1. The van der Waals surface area contributed by atoms with Gasteiger partial charge in [-0.2, -0.15) is 0 Å². The van der Waals surface area contributed by atoms with Crippen LogP contribution in [0.25, 0.3) is 10.2 Å². The summed E-state index contributed by atoms with van der Waals surface area (Å²) in [5, 5.41) is 5.69. The molecule has 1 fully saturated rings. The predicted molar refractivity (Wildman–Crippen MR) is 103 cm³/mol. The van der Waals surface area contributed by atoms with Crippen LogP contribution in [0.2, 0.25) is 0 Å². The summed E-state index contributed by atoms with van der Waals surface area (Å²) in [5.41, 5.74) is 2.49. The number of carbonyl (C=O) groups excluding carboxylic acids is 1. The average molecular weight is 374 g/mol. The van der Waals surface area contributed by atoms with E-state index < -0.39 is 0 Å². The van der Waals surface area contributed by atoms with Gasteiger partial charge in [-0.25, -0.2) is 4.98 Å². The molecule has 6 nitrogen and oxygen atoms in total. The van der Waals surface area contributed by atoms with Crippen LogP contribution in [0.3, 0.4) is 0 Å². The van der Waals surface area contributed by atoms with Crippen LogP contribution in [0.1, 0.15) is 18.5 Å². The number of rotatable bonds is 4. The first-order valence-electron chi connectivity index (χ1n) is 8.20. The number of carbonyl (C=O) groups is 1. The Morgan fingerprint density at radius 1 is 1.32 bits per heavy atom. The standard InChI is InChI=1S/C17H18N4O2S2/c1-11-10-24-17(23)21(11)9-15(22)18-12-4-5-13-14(8-12)25-16(19-13)20-6-2-3-7-20/h4-5,8,10H,2-3,6-7,9H2,1H3,(H,18,22). The number of nitrogens with zero attached hydrogens (tertiary/aromatic N) is 3. The third kappa shape index (κ3) is 3.32. The monoisotopic (exact) mass is 374 g/mol. The molecule has 1 aromatic carbocycles. The van der Waals surface area contributed by atoms with Gasteiger partial charge in [0.1, 0.15) is 6.54 Å². The second kappa shape index (κ2) is 6.61. The van der Waals surface area contributed by atoms with E-state index in [1.54, 1.807) is 16.7 Å². The number of aromatic nitrogens is 2. The number of anilines is 2. The van der Waals surface area contributed by atoms with E-state index in [0.717, 1.165) is 51.2 Å². The molecule has 130 valence electrons. The Morgan fingerprint density at radius 2 is 2.12 bits per heavy atom. The molecule has 0 saturated carbocycles. The normalized spacial score (nSPS) is 14.4. The highest BCUT2D eigenvalue weighted by atomic mass is 32.1. The predicted octanol–water partition coefficient (Wildman–Crippen LogP) is 3.07. The summed E-state index contributed by atoms with van der Waals surface area (Å²) in [6, 6.07) is 5.74. The van der Waals surface area contributed by atoms with Crippen molar-refractivity contribution < 1.29 is 4.79 Å². The molecule has 25 heavy (non-hydrogen) atoms. The van der Waals surface area contributed by atoms with Gasteiger partial charge in [-0.15, -0.1) is 0 Å². The van der Waals surface area contributed by atoms with E-state index in [-0.39, 0.29) is 17.3 Å². The van der Waals surface area contributed by atoms with Gasteiger partial charge in [0.05, 0.1) is 10.2 Å². The van der Waals surface area contributed by atoms with Gasteiger partial charge in [0, 0.05) is 29.9 Å². The van der Waals surface area contributed by atoms with E-state index >= 15 is 0 Å². The summed E-state index contributed by atoms with van der Waals surface area (Å²) in [6.45, 7) is 4.00. The minimum absolute atomic E-state index is 0.0356. The number of hydrogen-bond donors (Lipinski definition) is 1. The quantitative estimate of drug-likeness (QED) is 0.762. The topological polar surface area (TPSA) is 67.2 Å². The van der Waals surface area contributed by atoms with E-state index in [0.29, 0.717) is 0 Å². The lowest BCUT2D eigenvalue weighted by molar-refractivity contribution is -0.116. The van der Waals surface area contributed by atoms with Crippen molar-refractivity contribution in [1.82, 2.24) is 9.55 Å². The number of amides is 1. The lowest BCUT2D eigenvalue weighted by atomic mass is 10.3. The van der Waals surface area contributed by atoms with Crippen LogP contribution in [-0.4, -0.2) is 28.5 Å². The van der Waals surface area contributed by atoms with Crippen molar-refractivity contribution in [2.75, 3.05) is 23.3 Å². The summed E-state index contributed by atoms with van der Waals surface area (Å²) >= 11 is 2.77. The second-order valence-electron chi connectivity index (χ2n) is 6.15. The molecule has 2 aromatic heterocycles. The van der Waals surface area contributed by atoms with Crippen LogP contribution >= 0.6 is 22.7 Å². The fourth-order valence-electron chi connectivity index (χ4n) is 2.97. The number of aryl methyl sites for hydroxylation is 1. The van der Waals surface area contributed by atoms with E-state index in [9.17, 15) is 9.59 Å². The Kier molecular flexibility index (Phi) is 4.30. The zero-order valence-corrected chi connectivity index (χ0v) is 15.5. The lowest BCUT2D eigenvalue weighted by Crippen LogP contribution is -2.25. The maximum absolute atomic E-state index is 12.2. The lowest BCUT2D eigenvalue weighted by Gasteiger charge is -2.11. The van der Waals surface area contributed by atoms with Crippen molar-refractivity contribution in [1.29, 1.82) is 0 Å². The van der Waals surface area contributed by atoms with E-state index in [4.69, 9.17) is 0 Å². The molecule has 0 atom stereocenters. The smallest absolute Gasteiger partial charge is 0.307 e. The van der Waals surface area contributed by atoms with Crippen LogP contribution in [0, 0.1) is 6.92 Å². The molecule has 3 heterocycles. The van der Waals surface area contributed by atoms with E-state index in [2.05, 4.69) is 15.2 Å². The number of thiazole rings is 2. The molecule has 0 spiro atoms. The highest BCUT2D eigenvalue weighted by molar-refractivity contribution is 7.22. The number of benzene rings is 1. The number of hydrogen-bond acceptors (Lipinski definition) is 6. The van der Waals surface area contributed by atoms with Gasteiger partial charge < -0.3 is 10.2 Å². The molecule has 1 amide bonds. The molecule has 0 unspecified atom stereocenters. The molecule has 1 saturated heterocycles. The molecule has 4 rings (SSSR count). The van der Waals surface area contributed by atoms with E-state index in [1.807, 2.05) is 25.1 Å². The maximum atomic E-state index is 12.2. The highest BCUT2D eigenvalue weighted by Gasteiger charge is 2.16. The van der Waals surface area contributed by atoms with Crippen molar-refractivity contribution in [3.8, 4) is 0 Å². The zero-order chi connectivity index (χ0) is 17.4. The fraction of sp³-hybridized carbons (Fsp3) is 0.353. The Morgan fingerprint density at radius 3 is 2.84 bits per heavy atom. The summed E-state index contributed by atoms with van der Waals surface area (Å²) in [7, 11) is 0. The van der Waals surface area contributed by atoms with Crippen LogP contribution in [0.4, 0.5) is 10.8 Å². The minimum Gasteiger partial charge on any atom is -0.348 e. The summed E-state index contributed by atoms with van der Waals surface area (Å²) in [4.78, 5) is 30.9. The zero-order valence-electron chi connectivity index (χ0n) is 13.8. The van der Waals surface area contributed by atoms with Crippen LogP contribution in [0.15, 0.2) is 28.4 Å². The van der Waals surface area contributed by atoms with Gasteiger partial charge in [-0.3, -0.25) is 14.2 Å². The van der Waals surface area contributed by atoms with Gasteiger partial charge in [-0.05, 0) is 38.0 Å². The maximum Gasteiger partial charge on any atom is 0.307 e. The molecule has 0 aliphatic carbocycles. The van der Waals surface area contributed by atoms with Gasteiger partial charge >= 0.3 is 4.87 Å². The largest absolute Gasteiger partial charge is 0.348 e. The van der Waals surface area contributed by atoms with Crippen LogP contribution in [0.5, 0.6) is 0 Å². The molecular weight excluding hydrogens is 356 g/mol. The highest BCUT2D eigenvalue weighted by Crippen LogP contribution is 2.32. The third-order valence-corrected chi connectivity index (χ3v) is 6.28. The minimum atomic E-state index is -0.202. The molecule has 0 radical (unpaired) electrons. The Labute approximate surface area is 152 Å².